The van der Waals surface area contributed by atoms with Crippen LogP contribution in [0.2, 0.25) is 5.02 Å². The Balaban J connectivity index is 1.54. The lowest BCUT2D eigenvalue weighted by atomic mass is 9.65. The Morgan fingerprint density at radius 2 is 1.52 bits per heavy atom. The van der Waals surface area contributed by atoms with Crippen molar-refractivity contribution >= 4 is 34.8 Å². The molecule has 1 aliphatic heterocycles. The Morgan fingerprint density at radius 1 is 0.925 bits per heavy atom. The molecule has 5 rings (SSSR count). The Bertz CT molecular complexity index is 1440. The monoisotopic (exact) mass is 561 g/mol. The molecule has 0 radical (unpaired) electrons. The highest BCUT2D eigenvalue weighted by molar-refractivity contribution is 6.30. The van der Waals surface area contributed by atoms with E-state index in [1.807, 2.05) is 32.0 Å². The number of hydrogen-bond donors (Lipinski definition) is 1. The van der Waals surface area contributed by atoms with Gasteiger partial charge in [-0.1, -0.05) is 51.4 Å². The van der Waals surface area contributed by atoms with E-state index in [-0.39, 0.29) is 34.9 Å². The highest BCUT2D eigenvalue weighted by Gasteiger charge is 2.48. The topological polar surface area (TPSA) is 81.7 Å². The third-order valence-electron chi connectivity index (χ3n) is 7.89. The lowest BCUT2D eigenvalue weighted by molar-refractivity contribution is -0.121. The van der Waals surface area contributed by atoms with Gasteiger partial charge in [-0.25, -0.2) is 0 Å². The molecule has 0 saturated carbocycles. The molecule has 0 fully saturated rings. The number of ether oxygens (including phenoxy) is 2. The van der Waals surface area contributed by atoms with Gasteiger partial charge in [0.15, 0.2) is 18.2 Å². The Hall–Kier alpha value is -3.38. The number of carbonyl (C=O) groups is 3. The summed E-state index contributed by atoms with van der Waals surface area (Å²) in [4.78, 5) is 40.2. The number of hydrogen-bond acceptors (Lipinski definition) is 5. The number of benzene rings is 2. The van der Waals surface area contributed by atoms with Crippen LogP contribution in [0.1, 0.15) is 76.0 Å². The molecule has 0 spiro atoms. The van der Waals surface area contributed by atoms with Crippen molar-refractivity contribution in [2.24, 2.45) is 10.8 Å². The predicted molar refractivity (Wildman–Crippen MR) is 155 cm³/mol. The van der Waals surface area contributed by atoms with Crippen molar-refractivity contribution in [3.8, 4) is 5.75 Å². The lowest BCUT2D eigenvalue weighted by Gasteiger charge is -2.43. The first kappa shape index (κ1) is 28.2. The van der Waals surface area contributed by atoms with Gasteiger partial charge in [0, 0.05) is 53.1 Å². The third-order valence-corrected chi connectivity index (χ3v) is 8.13. The van der Waals surface area contributed by atoms with E-state index in [0.29, 0.717) is 64.7 Å². The average Bonchev–Trinajstić information content (AvgIpc) is 2.82. The molecule has 1 N–H and O–H groups in total. The molecule has 210 valence electrons. The van der Waals surface area contributed by atoms with Gasteiger partial charge < -0.3 is 14.8 Å². The Kier molecular flexibility index (Phi) is 7.20. The summed E-state index contributed by atoms with van der Waals surface area (Å²) in [5.74, 6) is 0.580. The fourth-order valence-electron chi connectivity index (χ4n) is 6.06. The summed E-state index contributed by atoms with van der Waals surface area (Å²) < 4.78 is 12.5. The van der Waals surface area contributed by atoms with Gasteiger partial charge in [-0.3, -0.25) is 14.4 Å². The van der Waals surface area contributed by atoms with E-state index in [2.05, 4.69) is 33.0 Å². The third kappa shape index (κ3) is 5.60. The molecule has 2 aromatic rings. The number of anilines is 1. The number of rotatable bonds is 5. The van der Waals surface area contributed by atoms with Gasteiger partial charge in [0.25, 0.3) is 5.91 Å². The van der Waals surface area contributed by atoms with Crippen molar-refractivity contribution in [2.45, 2.75) is 73.1 Å². The van der Waals surface area contributed by atoms with Crippen molar-refractivity contribution in [3.05, 3.63) is 80.8 Å². The number of halogens is 1. The predicted octanol–water partition coefficient (Wildman–Crippen LogP) is 7.37. The maximum Gasteiger partial charge on any atom is 0.262 e. The summed E-state index contributed by atoms with van der Waals surface area (Å²) in [5, 5.41) is 3.37. The summed E-state index contributed by atoms with van der Waals surface area (Å²) in [6, 6.07) is 11.0. The molecule has 3 aliphatic rings. The number of carbonyl (C=O) groups excluding carboxylic acids is 3. The van der Waals surface area contributed by atoms with Gasteiger partial charge in [-0.15, -0.1) is 0 Å². The molecule has 0 bridgehead atoms. The first-order chi connectivity index (χ1) is 18.7. The SMILES string of the molecule is Cc1ccc(C)c(NC(=O)COc2ccc(Cl)cc2C2C3=C(CC(C)(C)CC3=O)OC3=C2C(=O)CC(C)(C)C3)c1. The number of Topliss-reactive ketones (excluding diaryl/α,β-unsaturated/α-hetero) is 2. The number of ketones is 2. The summed E-state index contributed by atoms with van der Waals surface area (Å²) in [5.41, 5.74) is 3.79. The zero-order valence-corrected chi connectivity index (χ0v) is 24.8. The molecule has 1 amide bonds. The van der Waals surface area contributed by atoms with Crippen molar-refractivity contribution in [1.82, 2.24) is 0 Å². The average molecular weight is 562 g/mol. The zero-order chi connectivity index (χ0) is 29.0. The van der Waals surface area contributed by atoms with Gasteiger partial charge in [-0.2, -0.15) is 0 Å². The van der Waals surface area contributed by atoms with Crippen LogP contribution in [0.3, 0.4) is 0 Å². The molecule has 0 aromatic heterocycles. The number of allylic oxidation sites excluding steroid dienone is 4. The standard InChI is InChI=1S/C33H36ClNO5/c1-18-7-8-19(2)22(11-18)35-28(38)17-39-25-10-9-20(34)12-21(25)29-30-23(36)13-32(3,4)15-26(30)40-27-16-33(5,6)14-24(37)31(27)29/h7-12,29H,13-17H2,1-6H3,(H,35,38). The van der Waals surface area contributed by atoms with Crippen LogP contribution in [0.25, 0.3) is 0 Å². The van der Waals surface area contributed by atoms with E-state index >= 15 is 0 Å². The minimum absolute atomic E-state index is 0.0426. The maximum atomic E-state index is 13.7. The van der Waals surface area contributed by atoms with E-state index in [1.165, 1.54) is 0 Å². The van der Waals surface area contributed by atoms with Crippen molar-refractivity contribution in [3.63, 3.8) is 0 Å². The van der Waals surface area contributed by atoms with E-state index in [4.69, 9.17) is 21.1 Å². The minimum Gasteiger partial charge on any atom is -0.483 e. The second-order valence-electron chi connectivity index (χ2n) is 12.9. The summed E-state index contributed by atoms with van der Waals surface area (Å²) in [6.45, 7) is 11.9. The van der Waals surface area contributed by atoms with Crippen LogP contribution in [0.15, 0.2) is 59.1 Å². The van der Waals surface area contributed by atoms with Crippen LogP contribution in [-0.2, 0) is 19.1 Å². The van der Waals surface area contributed by atoms with Crippen LogP contribution in [-0.4, -0.2) is 24.1 Å². The Labute approximate surface area is 240 Å². The molecule has 2 aromatic carbocycles. The van der Waals surface area contributed by atoms with Crippen LogP contribution in [0.4, 0.5) is 5.69 Å². The summed E-state index contributed by atoms with van der Waals surface area (Å²) >= 11 is 6.48. The molecule has 0 unspecified atom stereocenters. The van der Waals surface area contributed by atoms with Crippen molar-refractivity contribution in [1.29, 1.82) is 0 Å². The van der Waals surface area contributed by atoms with E-state index in [9.17, 15) is 14.4 Å². The highest BCUT2D eigenvalue weighted by atomic mass is 35.5. The Morgan fingerprint density at radius 3 is 2.12 bits per heavy atom. The lowest BCUT2D eigenvalue weighted by Crippen LogP contribution is -2.37. The first-order valence-electron chi connectivity index (χ1n) is 13.7. The molecule has 6 nitrogen and oxygen atoms in total. The molecule has 40 heavy (non-hydrogen) atoms. The molecule has 7 heteroatoms. The van der Waals surface area contributed by atoms with Gasteiger partial charge >= 0.3 is 0 Å². The van der Waals surface area contributed by atoms with Crippen LogP contribution >= 0.6 is 11.6 Å². The van der Waals surface area contributed by atoms with Gasteiger partial charge in [0.1, 0.15) is 17.3 Å². The van der Waals surface area contributed by atoms with Gasteiger partial charge in [0.05, 0.1) is 5.92 Å². The summed E-state index contributed by atoms with van der Waals surface area (Å²) in [7, 11) is 0. The van der Waals surface area contributed by atoms with Crippen LogP contribution < -0.4 is 10.1 Å². The number of amides is 1. The van der Waals surface area contributed by atoms with E-state index < -0.39 is 5.92 Å². The minimum atomic E-state index is -0.665. The molecule has 0 atom stereocenters. The molecule has 0 saturated heterocycles. The van der Waals surface area contributed by atoms with Crippen LogP contribution in [0.5, 0.6) is 5.75 Å². The summed E-state index contributed by atoms with van der Waals surface area (Å²) in [6.07, 6.45) is 1.88. The zero-order valence-electron chi connectivity index (χ0n) is 24.0. The highest BCUT2D eigenvalue weighted by Crippen LogP contribution is 2.54. The van der Waals surface area contributed by atoms with Crippen molar-refractivity contribution in [2.75, 3.05) is 11.9 Å². The van der Waals surface area contributed by atoms with Gasteiger partial charge in [-0.05, 0) is 60.1 Å². The number of aryl methyl sites for hydroxylation is 2. The van der Waals surface area contributed by atoms with Crippen molar-refractivity contribution < 1.29 is 23.9 Å². The van der Waals surface area contributed by atoms with E-state index in [0.717, 1.165) is 16.8 Å². The normalized spacial score (nSPS) is 20.1. The largest absolute Gasteiger partial charge is 0.483 e. The number of nitrogens with one attached hydrogen (secondary N) is 1. The quantitative estimate of drug-likeness (QED) is 0.412. The maximum absolute atomic E-state index is 13.7. The molecule has 1 heterocycles. The second kappa shape index (κ2) is 10.2. The molecular weight excluding hydrogens is 526 g/mol. The fourth-order valence-corrected chi connectivity index (χ4v) is 6.24. The molecular formula is C33H36ClNO5. The van der Waals surface area contributed by atoms with Crippen LogP contribution in [0, 0.1) is 24.7 Å². The smallest absolute Gasteiger partial charge is 0.262 e. The van der Waals surface area contributed by atoms with Gasteiger partial charge in [0.2, 0.25) is 0 Å². The second-order valence-corrected chi connectivity index (χ2v) is 13.4. The molecule has 2 aliphatic carbocycles. The van der Waals surface area contributed by atoms with E-state index in [1.54, 1.807) is 18.2 Å². The first-order valence-corrected chi connectivity index (χ1v) is 14.1. The fraction of sp³-hybridized carbons (Fsp3) is 0.424.